The molecule has 5 rings (SSSR count). The SMILES string of the molecule is Cn1cc(-c2ccc3nccc(N[C@H]4CCO[C@H](c5ccccc5)C4)c3c2)ccc1=O. The first kappa shape index (κ1) is 19.5. The molecule has 3 heterocycles. The Kier molecular flexibility index (Phi) is 5.26. The molecule has 1 saturated heterocycles. The van der Waals surface area contributed by atoms with Gasteiger partial charge < -0.3 is 14.6 Å². The van der Waals surface area contributed by atoms with Crippen molar-refractivity contribution in [3.63, 3.8) is 0 Å². The van der Waals surface area contributed by atoms with Crippen LogP contribution >= 0.6 is 0 Å². The van der Waals surface area contributed by atoms with Gasteiger partial charge in [-0.2, -0.15) is 0 Å². The van der Waals surface area contributed by atoms with E-state index in [4.69, 9.17) is 4.74 Å². The van der Waals surface area contributed by atoms with Crippen LogP contribution in [0, 0.1) is 0 Å². The highest BCUT2D eigenvalue weighted by molar-refractivity contribution is 5.94. The Hall–Kier alpha value is -3.44. The van der Waals surface area contributed by atoms with Crippen LogP contribution in [0.3, 0.4) is 0 Å². The second-order valence-electron chi connectivity index (χ2n) is 8.09. The molecule has 2 aromatic carbocycles. The molecule has 0 unspecified atom stereocenters. The van der Waals surface area contributed by atoms with Gasteiger partial charge in [0.2, 0.25) is 5.56 Å². The summed E-state index contributed by atoms with van der Waals surface area (Å²) in [7, 11) is 1.77. The highest BCUT2D eigenvalue weighted by Crippen LogP contribution is 2.32. The third-order valence-electron chi connectivity index (χ3n) is 5.98. The number of anilines is 1. The molecule has 1 aliphatic rings. The standard InChI is InChI=1S/C26H25N3O2/c1-29-17-20(8-10-26(29)30)19-7-9-23-22(15-19)24(11-13-27-23)28-21-12-14-31-25(16-21)18-5-3-2-4-6-18/h2-11,13,15,17,21,25H,12,14,16H2,1H3,(H,27,28)/t21-,25-/m0/s1. The molecular formula is C26H25N3O2. The summed E-state index contributed by atoms with van der Waals surface area (Å²) in [5.41, 5.74) is 5.31. The van der Waals surface area contributed by atoms with Crippen LogP contribution in [-0.2, 0) is 11.8 Å². The number of aryl methyl sites for hydroxylation is 1. The molecule has 0 saturated carbocycles. The molecule has 0 aliphatic carbocycles. The predicted molar refractivity (Wildman–Crippen MR) is 124 cm³/mol. The number of benzene rings is 2. The first-order chi connectivity index (χ1) is 15.2. The van der Waals surface area contributed by atoms with Crippen LogP contribution in [0.2, 0.25) is 0 Å². The van der Waals surface area contributed by atoms with Gasteiger partial charge in [-0.05, 0) is 53.8 Å². The number of ether oxygens (including phenoxy) is 1. The van der Waals surface area contributed by atoms with Crippen molar-refractivity contribution in [2.24, 2.45) is 7.05 Å². The maximum atomic E-state index is 11.8. The summed E-state index contributed by atoms with van der Waals surface area (Å²) in [4.78, 5) is 16.3. The van der Waals surface area contributed by atoms with E-state index in [0.717, 1.165) is 47.2 Å². The highest BCUT2D eigenvalue weighted by atomic mass is 16.5. The van der Waals surface area contributed by atoms with Gasteiger partial charge in [-0.3, -0.25) is 9.78 Å². The van der Waals surface area contributed by atoms with Gasteiger partial charge >= 0.3 is 0 Å². The van der Waals surface area contributed by atoms with Crippen LogP contribution in [0.15, 0.2) is 83.9 Å². The Morgan fingerprint density at radius 3 is 2.71 bits per heavy atom. The van der Waals surface area contributed by atoms with Crippen molar-refractivity contribution in [3.05, 3.63) is 95.0 Å². The molecule has 1 aliphatic heterocycles. The van der Waals surface area contributed by atoms with Gasteiger partial charge in [-0.1, -0.05) is 36.4 Å². The van der Waals surface area contributed by atoms with Crippen LogP contribution < -0.4 is 10.9 Å². The molecule has 4 aromatic rings. The van der Waals surface area contributed by atoms with E-state index in [-0.39, 0.29) is 11.7 Å². The number of nitrogens with one attached hydrogen (secondary N) is 1. The van der Waals surface area contributed by atoms with Crippen molar-refractivity contribution in [2.75, 3.05) is 11.9 Å². The summed E-state index contributed by atoms with van der Waals surface area (Å²) >= 11 is 0. The third-order valence-corrected chi connectivity index (χ3v) is 5.98. The van der Waals surface area contributed by atoms with E-state index in [1.54, 1.807) is 17.7 Å². The van der Waals surface area contributed by atoms with Crippen LogP contribution in [0.1, 0.15) is 24.5 Å². The molecule has 156 valence electrons. The van der Waals surface area contributed by atoms with Gasteiger partial charge in [0.1, 0.15) is 0 Å². The van der Waals surface area contributed by atoms with E-state index in [2.05, 4.69) is 46.7 Å². The number of pyridine rings is 2. The second kappa shape index (κ2) is 8.36. The Morgan fingerprint density at radius 2 is 1.87 bits per heavy atom. The summed E-state index contributed by atoms with van der Waals surface area (Å²) in [6, 6.07) is 22.5. The molecule has 0 radical (unpaired) electrons. The largest absolute Gasteiger partial charge is 0.382 e. The van der Waals surface area contributed by atoms with E-state index < -0.39 is 0 Å². The van der Waals surface area contributed by atoms with Gasteiger partial charge in [-0.25, -0.2) is 0 Å². The number of fused-ring (bicyclic) bond motifs is 1. The first-order valence-electron chi connectivity index (χ1n) is 10.7. The molecule has 0 amide bonds. The van der Waals surface area contributed by atoms with Gasteiger partial charge in [0.15, 0.2) is 0 Å². The van der Waals surface area contributed by atoms with Crippen LogP contribution in [0.5, 0.6) is 0 Å². The quantitative estimate of drug-likeness (QED) is 0.517. The fraction of sp³-hybridized carbons (Fsp3) is 0.231. The van der Waals surface area contributed by atoms with Crippen molar-refractivity contribution in [1.29, 1.82) is 0 Å². The maximum Gasteiger partial charge on any atom is 0.250 e. The maximum absolute atomic E-state index is 11.8. The number of hydrogen-bond donors (Lipinski definition) is 1. The summed E-state index contributed by atoms with van der Waals surface area (Å²) in [5.74, 6) is 0. The zero-order valence-corrected chi connectivity index (χ0v) is 17.5. The zero-order valence-electron chi connectivity index (χ0n) is 17.5. The number of aromatic nitrogens is 2. The molecule has 2 aromatic heterocycles. The minimum atomic E-state index is -0.0129. The molecule has 1 N–H and O–H groups in total. The normalized spacial score (nSPS) is 18.7. The monoisotopic (exact) mass is 411 g/mol. The fourth-order valence-corrected chi connectivity index (χ4v) is 4.26. The zero-order chi connectivity index (χ0) is 21.2. The van der Waals surface area contributed by atoms with Crippen molar-refractivity contribution in [1.82, 2.24) is 9.55 Å². The Morgan fingerprint density at radius 1 is 1.03 bits per heavy atom. The number of hydrogen-bond acceptors (Lipinski definition) is 4. The Balaban J connectivity index is 1.44. The smallest absolute Gasteiger partial charge is 0.250 e. The van der Waals surface area contributed by atoms with Crippen molar-refractivity contribution in [3.8, 4) is 11.1 Å². The van der Waals surface area contributed by atoms with E-state index in [0.29, 0.717) is 6.04 Å². The highest BCUT2D eigenvalue weighted by Gasteiger charge is 2.24. The minimum absolute atomic E-state index is 0.0129. The Labute approximate surface area is 181 Å². The number of rotatable bonds is 4. The second-order valence-corrected chi connectivity index (χ2v) is 8.09. The summed E-state index contributed by atoms with van der Waals surface area (Å²) in [5, 5.41) is 4.83. The third kappa shape index (κ3) is 4.09. The molecule has 0 spiro atoms. The summed E-state index contributed by atoms with van der Waals surface area (Å²) in [6.07, 6.45) is 5.73. The van der Waals surface area contributed by atoms with E-state index in [1.807, 2.05) is 36.7 Å². The molecule has 0 bridgehead atoms. The molecule has 1 fully saturated rings. The average molecular weight is 412 g/mol. The lowest BCUT2D eigenvalue weighted by atomic mass is 9.97. The molecule has 2 atom stereocenters. The van der Waals surface area contributed by atoms with Crippen LogP contribution in [0.4, 0.5) is 5.69 Å². The topological polar surface area (TPSA) is 56.1 Å². The lowest BCUT2D eigenvalue weighted by Gasteiger charge is -2.31. The molecular weight excluding hydrogens is 386 g/mol. The first-order valence-corrected chi connectivity index (χ1v) is 10.7. The van der Waals surface area contributed by atoms with Crippen molar-refractivity contribution < 1.29 is 4.74 Å². The molecule has 5 heteroatoms. The lowest BCUT2D eigenvalue weighted by molar-refractivity contribution is 0.00981. The van der Waals surface area contributed by atoms with Gasteiger partial charge in [-0.15, -0.1) is 0 Å². The van der Waals surface area contributed by atoms with Gasteiger partial charge in [0.25, 0.3) is 0 Å². The Bertz CT molecular complexity index is 1270. The molecule has 5 nitrogen and oxygen atoms in total. The summed E-state index contributed by atoms with van der Waals surface area (Å²) in [6.45, 7) is 0.740. The van der Waals surface area contributed by atoms with Crippen molar-refractivity contribution in [2.45, 2.75) is 25.0 Å². The lowest BCUT2D eigenvalue weighted by Crippen LogP contribution is -2.30. The van der Waals surface area contributed by atoms with Crippen molar-refractivity contribution >= 4 is 16.6 Å². The predicted octanol–water partition coefficient (Wildman–Crippen LogP) is 4.93. The summed E-state index contributed by atoms with van der Waals surface area (Å²) < 4.78 is 7.64. The van der Waals surface area contributed by atoms with Gasteiger partial charge in [0, 0.05) is 49.2 Å². The minimum Gasteiger partial charge on any atom is -0.382 e. The van der Waals surface area contributed by atoms with Crippen LogP contribution in [-0.4, -0.2) is 22.2 Å². The average Bonchev–Trinajstić information content (AvgIpc) is 2.82. The van der Waals surface area contributed by atoms with E-state index in [1.165, 1.54) is 5.56 Å². The van der Waals surface area contributed by atoms with E-state index >= 15 is 0 Å². The number of nitrogens with zero attached hydrogens (tertiary/aromatic N) is 2. The van der Waals surface area contributed by atoms with E-state index in [9.17, 15) is 4.79 Å². The molecule has 31 heavy (non-hydrogen) atoms. The fourth-order valence-electron chi connectivity index (χ4n) is 4.26. The van der Waals surface area contributed by atoms with Gasteiger partial charge in [0.05, 0.1) is 11.6 Å². The van der Waals surface area contributed by atoms with Crippen LogP contribution in [0.25, 0.3) is 22.0 Å².